The van der Waals surface area contributed by atoms with Gasteiger partial charge in [-0.25, -0.2) is 18.4 Å². The molecule has 3 rings (SSSR count). The highest BCUT2D eigenvalue weighted by Crippen LogP contribution is 2.28. The van der Waals surface area contributed by atoms with Crippen molar-refractivity contribution >= 4 is 21.4 Å². The quantitative estimate of drug-likeness (QED) is 0.430. The van der Waals surface area contributed by atoms with E-state index in [9.17, 15) is 8.42 Å². The summed E-state index contributed by atoms with van der Waals surface area (Å²) < 4.78 is 39.1. The zero-order valence-corrected chi connectivity index (χ0v) is 19.8. The molecule has 0 aliphatic carbocycles. The number of pyridine rings is 1. The first-order valence-corrected chi connectivity index (χ1v) is 11.9. The van der Waals surface area contributed by atoms with E-state index in [1.807, 2.05) is 13.0 Å². The van der Waals surface area contributed by atoms with Gasteiger partial charge < -0.3 is 14.0 Å². The third kappa shape index (κ3) is 5.29. The average Bonchev–Trinajstić information content (AvgIpc) is 3.19. The minimum absolute atomic E-state index is 0.217. The van der Waals surface area contributed by atoms with E-state index in [4.69, 9.17) is 21.1 Å². The van der Waals surface area contributed by atoms with Crippen LogP contribution in [-0.4, -0.2) is 64.2 Å². The van der Waals surface area contributed by atoms with E-state index in [-0.39, 0.29) is 23.4 Å². The second-order valence-corrected chi connectivity index (χ2v) is 10.1. The number of hydrogen-bond donors (Lipinski definition) is 0. The van der Waals surface area contributed by atoms with E-state index in [2.05, 4.69) is 25.1 Å². The summed E-state index contributed by atoms with van der Waals surface area (Å²) in [7, 11) is -0.753. The molecule has 0 saturated heterocycles. The second kappa shape index (κ2) is 10.4. The topological polar surface area (TPSA) is 122 Å². The highest BCUT2D eigenvalue weighted by molar-refractivity contribution is 7.91. The van der Waals surface area contributed by atoms with Crippen LogP contribution in [0.4, 0.5) is 0 Å². The molecule has 0 aliphatic heterocycles. The minimum Gasteiger partial charge on any atom is -0.383 e. The Balaban J connectivity index is 1.95. The third-order valence-electron chi connectivity index (χ3n) is 4.98. The predicted molar refractivity (Wildman–Crippen MR) is 119 cm³/mol. The van der Waals surface area contributed by atoms with Gasteiger partial charge in [-0.3, -0.25) is 4.98 Å². The first-order chi connectivity index (χ1) is 15.3. The molecule has 12 heteroatoms. The lowest BCUT2D eigenvalue weighted by molar-refractivity contribution is 0.0948. The molecule has 0 bridgehead atoms. The van der Waals surface area contributed by atoms with Gasteiger partial charge >= 0.3 is 0 Å². The lowest BCUT2D eigenvalue weighted by atomic mass is 10.2. The molecule has 10 nitrogen and oxygen atoms in total. The van der Waals surface area contributed by atoms with Gasteiger partial charge in [0.2, 0.25) is 0 Å². The largest absolute Gasteiger partial charge is 0.383 e. The van der Waals surface area contributed by atoms with Crippen LogP contribution < -0.4 is 0 Å². The van der Waals surface area contributed by atoms with E-state index >= 15 is 0 Å². The molecule has 0 spiro atoms. The summed E-state index contributed by atoms with van der Waals surface area (Å²) in [6.07, 6.45) is 3.57. The van der Waals surface area contributed by atoms with Crippen LogP contribution in [0.15, 0.2) is 36.8 Å². The van der Waals surface area contributed by atoms with E-state index in [0.29, 0.717) is 23.1 Å². The van der Waals surface area contributed by atoms with Crippen LogP contribution in [0.25, 0.3) is 11.5 Å². The number of nitrogens with zero attached hydrogens (tertiary/aromatic N) is 6. The second-order valence-electron chi connectivity index (χ2n) is 7.26. The van der Waals surface area contributed by atoms with Crippen molar-refractivity contribution in [3.05, 3.63) is 53.5 Å². The molecule has 3 aromatic rings. The van der Waals surface area contributed by atoms with Crippen LogP contribution in [0, 0.1) is 0 Å². The number of ether oxygens (including phenoxy) is 2. The van der Waals surface area contributed by atoms with Gasteiger partial charge in [-0.15, -0.1) is 10.2 Å². The summed E-state index contributed by atoms with van der Waals surface area (Å²) in [5.41, 5.74) is 0.587. The zero-order chi connectivity index (χ0) is 23.3. The number of methoxy groups -OCH3 is 2. The van der Waals surface area contributed by atoms with Crippen LogP contribution in [0.2, 0.25) is 5.02 Å². The molecule has 0 amide bonds. The maximum Gasteiger partial charge on any atom is 0.182 e. The molecule has 0 fully saturated rings. The molecule has 172 valence electrons. The van der Waals surface area contributed by atoms with Gasteiger partial charge in [0.15, 0.2) is 21.5 Å². The highest BCUT2D eigenvalue weighted by Gasteiger charge is 2.35. The molecular weight excluding hydrogens is 456 g/mol. The summed E-state index contributed by atoms with van der Waals surface area (Å²) >= 11 is 5.84. The third-order valence-corrected chi connectivity index (χ3v) is 7.22. The Morgan fingerprint density at radius 3 is 2.41 bits per heavy atom. The Bertz CT molecular complexity index is 1120. The van der Waals surface area contributed by atoms with Crippen molar-refractivity contribution in [2.75, 3.05) is 20.8 Å². The molecule has 32 heavy (non-hydrogen) atoms. The fourth-order valence-electron chi connectivity index (χ4n) is 3.35. The molecule has 0 unspecified atom stereocenters. The molecular formula is C20H25ClN6O4S. The summed E-state index contributed by atoms with van der Waals surface area (Å²) in [5, 5.41) is 7.81. The molecule has 0 saturated carbocycles. The Morgan fingerprint density at radius 2 is 1.81 bits per heavy atom. The van der Waals surface area contributed by atoms with E-state index in [0.717, 1.165) is 0 Å². The molecule has 0 radical (unpaired) electrons. The van der Waals surface area contributed by atoms with Crippen molar-refractivity contribution in [3.8, 4) is 11.5 Å². The van der Waals surface area contributed by atoms with Gasteiger partial charge in [-0.05, 0) is 26.0 Å². The number of aromatic nitrogens is 6. The lowest BCUT2D eigenvalue weighted by Gasteiger charge is -2.22. The lowest BCUT2D eigenvalue weighted by Crippen LogP contribution is -2.30. The van der Waals surface area contributed by atoms with E-state index in [1.165, 1.54) is 19.5 Å². The Morgan fingerprint density at radius 1 is 1.09 bits per heavy atom. The van der Waals surface area contributed by atoms with Crippen molar-refractivity contribution in [1.29, 1.82) is 0 Å². The van der Waals surface area contributed by atoms with E-state index < -0.39 is 21.2 Å². The van der Waals surface area contributed by atoms with Gasteiger partial charge in [-0.2, -0.15) is 0 Å². The standard InChI is InChI=1S/C20H25ClN6O4S/c1-13(11-30-3)27-17(25-26-20(27)16-7-5-6-8-22-16)12-32(28,29)14(2)18(31-4)19-23-9-15(21)10-24-19/h5-10,13-14,18H,11-12H2,1-4H3/t13-,14+,18+/m1/s1. The van der Waals surface area contributed by atoms with Gasteiger partial charge in [0.25, 0.3) is 0 Å². The van der Waals surface area contributed by atoms with Gasteiger partial charge in [0, 0.05) is 32.8 Å². The monoisotopic (exact) mass is 480 g/mol. The number of sulfone groups is 1. The maximum absolute atomic E-state index is 13.3. The smallest absolute Gasteiger partial charge is 0.182 e. The Labute approximate surface area is 191 Å². The fraction of sp³-hybridized carbons (Fsp3) is 0.450. The number of rotatable bonds is 10. The van der Waals surface area contributed by atoms with Crippen molar-refractivity contribution in [1.82, 2.24) is 29.7 Å². The van der Waals surface area contributed by atoms with Crippen LogP contribution in [0.3, 0.4) is 0 Å². The summed E-state index contributed by atoms with van der Waals surface area (Å²) in [5.74, 6) is 0.637. The van der Waals surface area contributed by atoms with Crippen molar-refractivity contribution in [3.63, 3.8) is 0 Å². The molecule has 0 aliphatic rings. The first-order valence-electron chi connectivity index (χ1n) is 9.84. The Kier molecular flexibility index (Phi) is 7.88. The van der Waals surface area contributed by atoms with Crippen LogP contribution >= 0.6 is 11.6 Å². The van der Waals surface area contributed by atoms with Crippen molar-refractivity contribution in [2.24, 2.45) is 0 Å². The molecule has 0 aromatic carbocycles. The van der Waals surface area contributed by atoms with E-state index in [1.54, 1.807) is 36.9 Å². The minimum atomic E-state index is -3.75. The van der Waals surface area contributed by atoms with Crippen molar-refractivity contribution in [2.45, 2.75) is 37.0 Å². The zero-order valence-electron chi connectivity index (χ0n) is 18.2. The first kappa shape index (κ1) is 24.2. The highest BCUT2D eigenvalue weighted by atomic mass is 35.5. The summed E-state index contributed by atoms with van der Waals surface area (Å²) in [4.78, 5) is 12.6. The van der Waals surface area contributed by atoms with Gasteiger partial charge in [0.1, 0.15) is 23.4 Å². The van der Waals surface area contributed by atoms with Gasteiger partial charge in [-0.1, -0.05) is 17.7 Å². The average molecular weight is 481 g/mol. The fourth-order valence-corrected chi connectivity index (χ4v) is 4.87. The van der Waals surface area contributed by atoms with Crippen LogP contribution in [-0.2, 0) is 25.1 Å². The summed E-state index contributed by atoms with van der Waals surface area (Å²) in [6, 6.07) is 5.19. The maximum atomic E-state index is 13.3. The van der Waals surface area contributed by atoms with Crippen molar-refractivity contribution < 1.29 is 17.9 Å². The molecule has 3 atom stereocenters. The van der Waals surface area contributed by atoms with Crippen LogP contribution in [0.1, 0.15) is 37.6 Å². The molecule has 0 N–H and O–H groups in total. The molecule has 3 aromatic heterocycles. The summed E-state index contributed by atoms with van der Waals surface area (Å²) in [6.45, 7) is 3.80. The number of hydrogen-bond acceptors (Lipinski definition) is 9. The van der Waals surface area contributed by atoms with Gasteiger partial charge in [0.05, 0.1) is 22.9 Å². The molecule has 3 heterocycles. The normalized spacial score (nSPS) is 14.8. The number of halogens is 1. The predicted octanol–water partition coefficient (Wildman–Crippen LogP) is 2.68. The van der Waals surface area contributed by atoms with Crippen LogP contribution in [0.5, 0.6) is 0 Å². The Hall–Kier alpha value is -2.47. The SMILES string of the molecule is COC[C@@H](C)n1c(CS(=O)(=O)[C@@H](C)[C@H](OC)c2ncc(Cl)cn2)nnc1-c1ccccn1.